The van der Waals surface area contributed by atoms with Gasteiger partial charge < -0.3 is 40.3 Å². The maximum atomic E-state index is 13.0. The van der Waals surface area contributed by atoms with E-state index in [-0.39, 0.29) is 12.5 Å². The number of amides is 1. The number of aliphatic hydroxyl groups is 5. The molecular formula is C49H85NO8. The number of aliphatic hydroxyl groups excluding tert-OH is 5. The minimum atomic E-state index is -1.57. The van der Waals surface area contributed by atoms with E-state index in [9.17, 15) is 30.3 Å². The van der Waals surface area contributed by atoms with Gasteiger partial charge in [0.1, 0.15) is 24.4 Å². The first kappa shape index (κ1) is 53.6. The summed E-state index contributed by atoms with van der Waals surface area (Å²) in [4.78, 5) is 13.0. The standard InChI is InChI=1S/C49H85NO8/c1-3-5-7-9-11-13-15-17-18-19-20-21-22-23-24-25-26-27-29-31-33-35-37-39-45(53)50-42(41-57-49-48(56)47(55)46(54)44(40-51)58-49)43(52)38-36-34-32-30-28-16-14-12-10-8-6-4-2/h5,7,11,13,17-18,20-21,23-24,36,38,42-44,46-49,51-52,54-56H,3-4,6,8-10,12,14-16,19,22,25-35,37,39-41H2,1-2H3,(H,50,53)/b7-5-,13-11-,18-17-,21-20-,24-23-,38-36+. The largest absolute Gasteiger partial charge is 0.394 e. The molecule has 1 saturated heterocycles. The third kappa shape index (κ3) is 29.0. The Bertz CT molecular complexity index is 1130. The molecule has 0 spiro atoms. The van der Waals surface area contributed by atoms with E-state index in [1.54, 1.807) is 6.08 Å². The molecule has 9 nitrogen and oxygen atoms in total. The summed E-state index contributed by atoms with van der Waals surface area (Å²) in [7, 11) is 0. The lowest BCUT2D eigenvalue weighted by Crippen LogP contribution is -2.60. The van der Waals surface area contributed by atoms with Gasteiger partial charge in [0.15, 0.2) is 6.29 Å². The van der Waals surface area contributed by atoms with Crippen LogP contribution in [0.2, 0.25) is 0 Å². The summed E-state index contributed by atoms with van der Waals surface area (Å²) >= 11 is 0. The molecule has 7 unspecified atom stereocenters. The normalized spacial score (nSPS) is 21.5. The molecule has 0 aromatic carbocycles. The van der Waals surface area contributed by atoms with Gasteiger partial charge in [0.2, 0.25) is 5.91 Å². The number of ether oxygens (including phenoxy) is 2. The molecular weight excluding hydrogens is 731 g/mol. The van der Waals surface area contributed by atoms with Gasteiger partial charge in [0, 0.05) is 6.42 Å². The molecule has 0 aliphatic carbocycles. The summed E-state index contributed by atoms with van der Waals surface area (Å²) in [6, 6.07) is -0.813. The van der Waals surface area contributed by atoms with E-state index in [1.165, 1.54) is 70.6 Å². The number of unbranched alkanes of at least 4 members (excludes halogenated alkanes) is 17. The van der Waals surface area contributed by atoms with Crippen molar-refractivity contribution in [1.82, 2.24) is 5.32 Å². The zero-order valence-corrected chi connectivity index (χ0v) is 36.5. The van der Waals surface area contributed by atoms with Crippen LogP contribution >= 0.6 is 0 Å². The van der Waals surface area contributed by atoms with Crippen LogP contribution in [0.15, 0.2) is 72.9 Å². The first-order valence-corrected chi connectivity index (χ1v) is 23.2. The zero-order valence-electron chi connectivity index (χ0n) is 36.5. The van der Waals surface area contributed by atoms with Gasteiger partial charge in [-0.25, -0.2) is 0 Å². The van der Waals surface area contributed by atoms with E-state index < -0.39 is 49.5 Å². The molecule has 7 atom stereocenters. The number of allylic oxidation sites excluding steroid dienone is 11. The van der Waals surface area contributed by atoms with Crippen molar-refractivity contribution in [2.24, 2.45) is 0 Å². The average molecular weight is 816 g/mol. The van der Waals surface area contributed by atoms with E-state index in [2.05, 4.69) is 79.9 Å². The minimum absolute atomic E-state index is 0.193. The van der Waals surface area contributed by atoms with Gasteiger partial charge in [-0.1, -0.05) is 177 Å². The van der Waals surface area contributed by atoms with Crippen LogP contribution in [0.25, 0.3) is 0 Å². The first-order valence-electron chi connectivity index (χ1n) is 23.2. The van der Waals surface area contributed by atoms with Gasteiger partial charge >= 0.3 is 0 Å². The van der Waals surface area contributed by atoms with Crippen molar-refractivity contribution in [2.45, 2.75) is 217 Å². The summed E-state index contributed by atoms with van der Waals surface area (Å²) < 4.78 is 11.2. The highest BCUT2D eigenvalue weighted by Gasteiger charge is 2.44. The summed E-state index contributed by atoms with van der Waals surface area (Å²) in [5.74, 6) is -0.193. The molecule has 0 bridgehead atoms. The SMILES string of the molecule is CC/C=C\C/C=C\C/C=C\C/C=C\C/C=C\CCCCCCCCCC(=O)NC(COC1OC(CO)C(O)C(O)C1O)C(O)/C=C/CCCCCCCCCCCC. The molecule has 0 aromatic heterocycles. The number of carbonyl (C=O) groups is 1. The molecule has 58 heavy (non-hydrogen) atoms. The van der Waals surface area contributed by atoms with Crippen molar-refractivity contribution in [3.05, 3.63) is 72.9 Å². The number of hydrogen-bond acceptors (Lipinski definition) is 8. The van der Waals surface area contributed by atoms with Gasteiger partial charge in [-0.3, -0.25) is 4.79 Å². The summed E-state index contributed by atoms with van der Waals surface area (Å²) in [6.07, 6.45) is 45.1. The highest BCUT2D eigenvalue weighted by Crippen LogP contribution is 2.22. The number of hydrogen-bond donors (Lipinski definition) is 6. The van der Waals surface area contributed by atoms with Crippen molar-refractivity contribution < 1.29 is 39.8 Å². The van der Waals surface area contributed by atoms with Crippen LogP contribution in [0.4, 0.5) is 0 Å². The lowest BCUT2D eigenvalue weighted by molar-refractivity contribution is -0.302. The van der Waals surface area contributed by atoms with Crippen LogP contribution in [0, 0.1) is 0 Å². The third-order valence-electron chi connectivity index (χ3n) is 10.5. The second kappa shape index (κ2) is 38.8. The Balaban J connectivity index is 2.33. The van der Waals surface area contributed by atoms with Gasteiger partial charge in [0.05, 0.1) is 25.4 Å². The first-order chi connectivity index (χ1) is 28.3. The number of nitrogens with one attached hydrogen (secondary N) is 1. The van der Waals surface area contributed by atoms with Gasteiger partial charge in [-0.15, -0.1) is 0 Å². The predicted octanol–water partition coefficient (Wildman–Crippen LogP) is 9.78. The van der Waals surface area contributed by atoms with E-state index in [1.807, 2.05) is 6.08 Å². The molecule has 6 N–H and O–H groups in total. The van der Waals surface area contributed by atoms with E-state index >= 15 is 0 Å². The highest BCUT2D eigenvalue weighted by molar-refractivity contribution is 5.76. The lowest BCUT2D eigenvalue weighted by atomic mass is 9.99. The number of rotatable bonds is 37. The molecule has 0 radical (unpaired) electrons. The van der Waals surface area contributed by atoms with E-state index in [0.717, 1.165) is 83.5 Å². The Morgan fingerprint density at radius 1 is 0.603 bits per heavy atom. The fraction of sp³-hybridized carbons (Fsp3) is 0.735. The van der Waals surface area contributed by atoms with Crippen LogP contribution < -0.4 is 5.32 Å². The van der Waals surface area contributed by atoms with Gasteiger partial charge in [-0.05, 0) is 64.2 Å². The molecule has 1 fully saturated rings. The molecule has 0 saturated carbocycles. The van der Waals surface area contributed by atoms with Crippen molar-refractivity contribution in [3.63, 3.8) is 0 Å². The fourth-order valence-electron chi connectivity index (χ4n) is 6.83. The van der Waals surface area contributed by atoms with E-state index in [4.69, 9.17) is 9.47 Å². The summed E-state index contributed by atoms with van der Waals surface area (Å²) in [6.45, 7) is 3.62. The topological polar surface area (TPSA) is 149 Å². The van der Waals surface area contributed by atoms with Gasteiger partial charge in [-0.2, -0.15) is 0 Å². The van der Waals surface area contributed by atoms with Crippen molar-refractivity contribution >= 4 is 5.91 Å². The van der Waals surface area contributed by atoms with Crippen LogP contribution in [-0.2, 0) is 14.3 Å². The van der Waals surface area contributed by atoms with Crippen LogP contribution in [-0.4, -0.2) is 87.5 Å². The molecule has 9 heteroatoms. The minimum Gasteiger partial charge on any atom is -0.394 e. The predicted molar refractivity (Wildman–Crippen MR) is 239 cm³/mol. The van der Waals surface area contributed by atoms with Crippen molar-refractivity contribution in [1.29, 1.82) is 0 Å². The van der Waals surface area contributed by atoms with Crippen LogP contribution in [0.5, 0.6) is 0 Å². The summed E-state index contributed by atoms with van der Waals surface area (Å²) in [5.41, 5.74) is 0. The Kier molecular flexibility index (Phi) is 35.9. The second-order valence-electron chi connectivity index (χ2n) is 15.8. The van der Waals surface area contributed by atoms with Crippen molar-refractivity contribution in [3.8, 4) is 0 Å². The quantitative estimate of drug-likeness (QED) is 0.0268. The Morgan fingerprint density at radius 3 is 1.59 bits per heavy atom. The number of carbonyl (C=O) groups excluding carboxylic acids is 1. The lowest BCUT2D eigenvalue weighted by Gasteiger charge is -2.40. The third-order valence-corrected chi connectivity index (χ3v) is 10.5. The molecule has 334 valence electrons. The van der Waals surface area contributed by atoms with Crippen LogP contribution in [0.1, 0.15) is 174 Å². The molecule has 1 aliphatic heterocycles. The second-order valence-corrected chi connectivity index (χ2v) is 15.8. The maximum absolute atomic E-state index is 13.0. The Morgan fingerprint density at radius 2 is 1.07 bits per heavy atom. The van der Waals surface area contributed by atoms with Crippen LogP contribution in [0.3, 0.4) is 0 Å². The molecule has 0 aromatic rings. The Hall–Kier alpha value is -2.37. The zero-order chi connectivity index (χ0) is 42.3. The van der Waals surface area contributed by atoms with Crippen molar-refractivity contribution in [2.75, 3.05) is 13.2 Å². The summed E-state index contributed by atoms with van der Waals surface area (Å²) in [5, 5.41) is 54.1. The Labute approximate surface area is 353 Å². The smallest absolute Gasteiger partial charge is 0.220 e. The molecule has 1 heterocycles. The molecule has 1 aliphatic rings. The van der Waals surface area contributed by atoms with E-state index in [0.29, 0.717) is 6.42 Å². The maximum Gasteiger partial charge on any atom is 0.220 e. The van der Waals surface area contributed by atoms with Gasteiger partial charge in [0.25, 0.3) is 0 Å². The highest BCUT2D eigenvalue weighted by atomic mass is 16.7. The fourth-order valence-corrected chi connectivity index (χ4v) is 6.83. The average Bonchev–Trinajstić information content (AvgIpc) is 3.22. The monoisotopic (exact) mass is 816 g/mol. The molecule has 1 amide bonds. The molecule has 1 rings (SSSR count).